The first-order valence-electron chi connectivity index (χ1n) is 8.24. The van der Waals surface area contributed by atoms with E-state index in [9.17, 15) is 0 Å². The first-order valence-corrected chi connectivity index (χ1v) is 9.76. The fourth-order valence-corrected chi connectivity index (χ4v) is 4.22. The van der Waals surface area contributed by atoms with E-state index in [-0.39, 0.29) is 5.54 Å². The van der Waals surface area contributed by atoms with Crippen LogP contribution in [0.15, 0.2) is 91.0 Å². The van der Waals surface area contributed by atoms with Crippen LogP contribution in [0, 0.1) is 0 Å². The van der Waals surface area contributed by atoms with E-state index in [1.54, 1.807) is 0 Å². The van der Waals surface area contributed by atoms with Gasteiger partial charge in [0.15, 0.2) is 0 Å². The van der Waals surface area contributed by atoms with Crippen LogP contribution in [0.1, 0.15) is 16.7 Å². The van der Waals surface area contributed by atoms with Crippen molar-refractivity contribution in [1.29, 1.82) is 0 Å². The molecule has 122 valence electrons. The molecule has 0 fully saturated rings. The van der Waals surface area contributed by atoms with Crippen molar-refractivity contribution in [1.82, 2.24) is 4.90 Å². The minimum absolute atomic E-state index is 0.283. The molecule has 0 N–H and O–H groups in total. The lowest BCUT2D eigenvalue weighted by Crippen LogP contribution is -2.46. The largest absolute Gasteiger partial charge is 0.288 e. The van der Waals surface area contributed by atoms with Gasteiger partial charge in [0.1, 0.15) is 0 Å². The van der Waals surface area contributed by atoms with Gasteiger partial charge in [-0.25, -0.2) is 0 Å². The summed E-state index contributed by atoms with van der Waals surface area (Å²) in [6.07, 6.45) is 0. The lowest BCUT2D eigenvalue weighted by atomic mass is 9.76. The zero-order valence-electron chi connectivity index (χ0n) is 13.9. The molecule has 0 aliphatic heterocycles. The maximum atomic E-state index is 2.47. The van der Waals surface area contributed by atoms with Crippen LogP contribution in [0.3, 0.4) is 0 Å². The molecule has 2 heteroatoms. The molecule has 0 radical (unpaired) electrons. The molecule has 0 bridgehead atoms. The van der Waals surface area contributed by atoms with Gasteiger partial charge in [-0.15, -0.1) is 0 Å². The van der Waals surface area contributed by atoms with Crippen molar-refractivity contribution in [3.8, 4) is 0 Å². The van der Waals surface area contributed by atoms with E-state index in [1.807, 2.05) is 0 Å². The normalized spacial score (nSPS) is 11.6. The average molecular weight is 427 g/mol. The third kappa shape index (κ3) is 3.13. The average Bonchev–Trinajstić information content (AvgIpc) is 2.65. The molecule has 24 heavy (non-hydrogen) atoms. The molecule has 3 aromatic rings. The second-order valence-electron chi connectivity index (χ2n) is 5.92. The second kappa shape index (κ2) is 7.95. The van der Waals surface area contributed by atoms with Crippen LogP contribution in [-0.2, 0) is 5.54 Å². The van der Waals surface area contributed by atoms with Gasteiger partial charge in [-0.2, -0.15) is 0 Å². The summed E-state index contributed by atoms with van der Waals surface area (Å²) < 4.78 is 1.09. The highest BCUT2D eigenvalue weighted by Crippen LogP contribution is 2.41. The van der Waals surface area contributed by atoms with Crippen molar-refractivity contribution in [2.45, 2.75) is 5.54 Å². The van der Waals surface area contributed by atoms with Gasteiger partial charge in [0.2, 0.25) is 0 Å². The van der Waals surface area contributed by atoms with Crippen LogP contribution in [0.25, 0.3) is 0 Å². The van der Waals surface area contributed by atoms with Crippen LogP contribution in [-0.4, -0.2) is 22.9 Å². The molecule has 0 aliphatic rings. The lowest BCUT2D eigenvalue weighted by Gasteiger charge is -2.43. The highest BCUT2D eigenvalue weighted by molar-refractivity contribution is 14.1. The first-order chi connectivity index (χ1) is 11.8. The summed E-state index contributed by atoms with van der Waals surface area (Å²) in [4.78, 5) is 2.47. The number of benzene rings is 3. The fourth-order valence-electron chi connectivity index (χ4n) is 3.49. The predicted molar refractivity (Wildman–Crippen MR) is 111 cm³/mol. The standard InChI is InChI=1S/C22H22IN/c1-24(18-17-23)22(19-11-5-2-6-12-19,20-13-7-3-8-14-20)21-15-9-4-10-16-21/h2-16H,17-18H2,1H3. The Morgan fingerprint density at radius 3 is 1.29 bits per heavy atom. The number of nitrogens with zero attached hydrogens (tertiary/aromatic N) is 1. The Morgan fingerprint density at radius 2 is 1.00 bits per heavy atom. The summed E-state index contributed by atoms with van der Waals surface area (Å²) in [6, 6.07) is 32.5. The molecular weight excluding hydrogens is 405 g/mol. The van der Waals surface area contributed by atoms with Crippen LogP contribution < -0.4 is 0 Å². The van der Waals surface area contributed by atoms with Crippen molar-refractivity contribution in [3.63, 3.8) is 0 Å². The monoisotopic (exact) mass is 427 g/mol. The van der Waals surface area contributed by atoms with E-state index in [0.717, 1.165) is 11.0 Å². The van der Waals surface area contributed by atoms with Crippen molar-refractivity contribution in [2.75, 3.05) is 18.0 Å². The van der Waals surface area contributed by atoms with Gasteiger partial charge in [0.25, 0.3) is 0 Å². The van der Waals surface area contributed by atoms with Gasteiger partial charge in [-0.1, -0.05) is 114 Å². The van der Waals surface area contributed by atoms with Crippen LogP contribution in [0.5, 0.6) is 0 Å². The molecule has 0 saturated heterocycles. The Bertz CT molecular complexity index is 644. The van der Waals surface area contributed by atoms with E-state index in [1.165, 1.54) is 16.7 Å². The van der Waals surface area contributed by atoms with E-state index < -0.39 is 0 Å². The quantitative estimate of drug-likeness (QED) is 0.292. The summed E-state index contributed by atoms with van der Waals surface area (Å²) in [5.41, 5.74) is 3.62. The molecule has 3 rings (SSSR count). The molecule has 0 amide bonds. The molecular formula is C22H22IN. The van der Waals surface area contributed by atoms with E-state index >= 15 is 0 Å². The summed E-state index contributed by atoms with van der Waals surface area (Å²) in [7, 11) is 2.23. The van der Waals surface area contributed by atoms with Crippen molar-refractivity contribution < 1.29 is 0 Å². The molecule has 0 saturated carbocycles. The summed E-state index contributed by atoms with van der Waals surface area (Å²) in [5, 5.41) is 0. The number of alkyl halides is 1. The summed E-state index contributed by atoms with van der Waals surface area (Å²) >= 11 is 2.46. The lowest BCUT2D eigenvalue weighted by molar-refractivity contribution is 0.213. The zero-order chi connectivity index (χ0) is 16.8. The summed E-state index contributed by atoms with van der Waals surface area (Å²) in [6.45, 7) is 1.01. The van der Waals surface area contributed by atoms with E-state index in [4.69, 9.17) is 0 Å². The molecule has 0 spiro atoms. The Morgan fingerprint density at radius 1 is 0.667 bits per heavy atom. The first kappa shape index (κ1) is 17.2. The number of hydrogen-bond acceptors (Lipinski definition) is 1. The van der Waals surface area contributed by atoms with Gasteiger partial charge in [-0.05, 0) is 23.7 Å². The fraction of sp³-hybridized carbons (Fsp3) is 0.182. The maximum absolute atomic E-state index is 2.47. The molecule has 0 heterocycles. The van der Waals surface area contributed by atoms with Gasteiger partial charge < -0.3 is 0 Å². The van der Waals surface area contributed by atoms with Crippen molar-refractivity contribution in [3.05, 3.63) is 108 Å². The maximum Gasteiger partial charge on any atom is 0.0970 e. The predicted octanol–water partition coefficient (Wildman–Crippen LogP) is 5.35. The summed E-state index contributed by atoms with van der Waals surface area (Å²) in [5.74, 6) is 0. The second-order valence-corrected chi connectivity index (χ2v) is 7.00. The Balaban J connectivity index is 2.33. The molecule has 0 aliphatic carbocycles. The minimum Gasteiger partial charge on any atom is -0.288 e. The molecule has 1 nitrogen and oxygen atoms in total. The van der Waals surface area contributed by atoms with E-state index in [2.05, 4.69) is 126 Å². The molecule has 0 aromatic heterocycles. The molecule has 3 aromatic carbocycles. The van der Waals surface area contributed by atoms with Gasteiger partial charge in [0.05, 0.1) is 5.54 Å². The number of hydrogen-bond donors (Lipinski definition) is 0. The highest BCUT2D eigenvalue weighted by atomic mass is 127. The Kier molecular flexibility index (Phi) is 5.69. The van der Waals surface area contributed by atoms with Crippen molar-refractivity contribution in [2.24, 2.45) is 0 Å². The number of rotatable bonds is 6. The van der Waals surface area contributed by atoms with Crippen LogP contribution >= 0.6 is 22.6 Å². The van der Waals surface area contributed by atoms with Gasteiger partial charge in [0, 0.05) is 11.0 Å². The Labute approximate surface area is 158 Å². The number of halogens is 1. The molecule has 0 unspecified atom stereocenters. The van der Waals surface area contributed by atoms with Crippen molar-refractivity contribution >= 4 is 22.6 Å². The molecule has 0 atom stereocenters. The van der Waals surface area contributed by atoms with Gasteiger partial charge in [-0.3, -0.25) is 4.90 Å². The highest BCUT2D eigenvalue weighted by Gasteiger charge is 2.39. The van der Waals surface area contributed by atoms with Crippen LogP contribution in [0.4, 0.5) is 0 Å². The van der Waals surface area contributed by atoms with E-state index in [0.29, 0.717) is 0 Å². The SMILES string of the molecule is CN(CCI)C(c1ccccc1)(c1ccccc1)c1ccccc1. The van der Waals surface area contributed by atoms with Crippen LogP contribution in [0.2, 0.25) is 0 Å². The minimum atomic E-state index is -0.283. The third-order valence-corrected chi connectivity index (χ3v) is 5.05. The third-order valence-electron chi connectivity index (χ3n) is 4.57. The van der Waals surface area contributed by atoms with Gasteiger partial charge >= 0.3 is 0 Å². The zero-order valence-corrected chi connectivity index (χ0v) is 16.1. The Hall–Kier alpha value is -1.65. The smallest absolute Gasteiger partial charge is 0.0970 e. The topological polar surface area (TPSA) is 3.24 Å².